The van der Waals surface area contributed by atoms with Gasteiger partial charge in [-0.15, -0.1) is 24.8 Å². The van der Waals surface area contributed by atoms with Crippen molar-refractivity contribution >= 4 is 59.6 Å². The first-order valence-corrected chi connectivity index (χ1v) is 12.9. The minimum Gasteiger partial charge on any atom is -0.454 e. The highest BCUT2D eigenvalue weighted by Crippen LogP contribution is 2.35. The second kappa shape index (κ2) is 13.3. The van der Waals surface area contributed by atoms with Crippen LogP contribution in [0, 0.1) is 13.8 Å². The van der Waals surface area contributed by atoms with Gasteiger partial charge in [0, 0.05) is 45.3 Å². The summed E-state index contributed by atoms with van der Waals surface area (Å²) in [5.74, 6) is 1.72. The van der Waals surface area contributed by atoms with Gasteiger partial charge in [0.25, 0.3) is 5.91 Å². The number of carbonyl (C=O) groups is 1. The van der Waals surface area contributed by atoms with E-state index in [0.29, 0.717) is 45.3 Å². The molecule has 0 bridgehead atoms. The molecule has 2 aromatic carbocycles. The number of nitrogens with zero attached hydrogens (tertiary/aromatic N) is 4. The van der Waals surface area contributed by atoms with Gasteiger partial charge in [-0.3, -0.25) is 9.69 Å². The molecule has 1 aromatic heterocycles. The number of piperazine rings is 1. The third kappa shape index (κ3) is 6.67. The van der Waals surface area contributed by atoms with Gasteiger partial charge >= 0.3 is 0 Å². The first-order valence-electron chi connectivity index (χ1n) is 12.2. The molecule has 13 heteroatoms. The summed E-state index contributed by atoms with van der Waals surface area (Å²) < 4.78 is 12.8. The number of hydrogen-bond acceptors (Lipinski definition) is 7. The molecule has 2 N–H and O–H groups in total. The van der Waals surface area contributed by atoms with Crippen LogP contribution in [0.5, 0.6) is 11.5 Å². The summed E-state index contributed by atoms with van der Waals surface area (Å²) in [6.45, 7) is 7.57. The van der Waals surface area contributed by atoms with Crippen molar-refractivity contribution in [3.8, 4) is 17.2 Å². The van der Waals surface area contributed by atoms with Crippen LogP contribution in [0.15, 0.2) is 36.4 Å². The summed E-state index contributed by atoms with van der Waals surface area (Å²) in [5.41, 5.74) is 2.80. The van der Waals surface area contributed by atoms with Crippen molar-refractivity contribution in [2.75, 3.05) is 51.0 Å². The molecule has 1 saturated heterocycles. The Bertz CT molecular complexity index is 1310. The number of hydrogen-bond donors (Lipinski definition) is 2. The number of amides is 1. The number of carbonyl (C=O) groups excluding carboxylic acids is 1. The molecule has 0 radical (unpaired) electrons. The van der Waals surface area contributed by atoms with Gasteiger partial charge in [0.05, 0.1) is 33.2 Å². The normalized spacial score (nSPS) is 15.4. The largest absolute Gasteiger partial charge is 0.454 e. The van der Waals surface area contributed by atoms with Gasteiger partial charge in [0.15, 0.2) is 11.5 Å². The molecule has 5 rings (SSSR count). The van der Waals surface area contributed by atoms with E-state index in [1.807, 2.05) is 48.7 Å². The van der Waals surface area contributed by atoms with Crippen LogP contribution in [0.3, 0.4) is 0 Å². The van der Waals surface area contributed by atoms with E-state index in [2.05, 4.69) is 20.1 Å². The molecular weight excluding hydrogens is 588 g/mol. The number of aliphatic hydroxyl groups is 1. The Hall–Kier alpha value is -2.40. The van der Waals surface area contributed by atoms with E-state index in [1.165, 1.54) is 0 Å². The number of nitrogens with one attached hydrogen (secondary N) is 1. The van der Waals surface area contributed by atoms with Crippen LogP contribution in [-0.4, -0.2) is 77.6 Å². The average molecular weight is 619 g/mol. The Kier molecular flexibility index (Phi) is 10.6. The molecule has 0 saturated carbocycles. The lowest BCUT2D eigenvalue weighted by Gasteiger charge is -2.37. The zero-order valence-electron chi connectivity index (χ0n) is 21.5. The van der Waals surface area contributed by atoms with E-state index in [1.54, 1.807) is 6.07 Å². The molecule has 39 heavy (non-hydrogen) atoms. The fraction of sp³-hybridized carbons (Fsp3) is 0.385. The SMILES string of the molecule is Cc1nc(C(=O)NCC(O)CN2CCN(c3cccc(Cl)c3Cl)CC2)c(C)n1-c1ccc2c(c1)OCO2.Cl.Cl. The Morgan fingerprint density at radius 3 is 2.54 bits per heavy atom. The van der Waals surface area contributed by atoms with Gasteiger partial charge < -0.3 is 29.4 Å². The number of aromatic nitrogens is 2. The molecular formula is C26H31Cl4N5O4. The van der Waals surface area contributed by atoms with Gasteiger partial charge in [0.1, 0.15) is 11.5 Å². The molecule has 3 aromatic rings. The fourth-order valence-electron chi connectivity index (χ4n) is 4.83. The first-order chi connectivity index (χ1) is 17.8. The van der Waals surface area contributed by atoms with Gasteiger partial charge in [-0.25, -0.2) is 4.98 Å². The first kappa shape index (κ1) is 31.1. The van der Waals surface area contributed by atoms with Crippen LogP contribution in [-0.2, 0) is 0 Å². The fourth-order valence-corrected chi connectivity index (χ4v) is 5.24. The van der Waals surface area contributed by atoms with Gasteiger partial charge in [0.2, 0.25) is 6.79 Å². The third-order valence-corrected chi connectivity index (χ3v) is 7.53. The number of β-amino-alcohol motifs (C(OH)–C–C–N with tert-alkyl or cyclic N) is 1. The maximum absolute atomic E-state index is 12.9. The van der Waals surface area contributed by atoms with E-state index in [-0.39, 0.29) is 44.1 Å². The smallest absolute Gasteiger partial charge is 0.271 e. The van der Waals surface area contributed by atoms with Crippen molar-refractivity contribution < 1.29 is 19.4 Å². The van der Waals surface area contributed by atoms with Crippen molar-refractivity contribution in [2.45, 2.75) is 20.0 Å². The maximum Gasteiger partial charge on any atom is 0.271 e. The molecule has 1 unspecified atom stereocenters. The summed E-state index contributed by atoms with van der Waals surface area (Å²) >= 11 is 12.5. The number of benzene rings is 2. The highest BCUT2D eigenvalue weighted by Gasteiger charge is 2.24. The summed E-state index contributed by atoms with van der Waals surface area (Å²) in [5, 5.41) is 14.5. The van der Waals surface area contributed by atoms with E-state index in [4.69, 9.17) is 32.7 Å². The predicted octanol–water partition coefficient (Wildman–Crippen LogP) is 4.28. The highest BCUT2D eigenvalue weighted by atomic mass is 35.5. The summed E-state index contributed by atoms with van der Waals surface area (Å²) in [6.07, 6.45) is -0.706. The monoisotopic (exact) mass is 617 g/mol. The lowest BCUT2D eigenvalue weighted by molar-refractivity contribution is 0.0847. The summed E-state index contributed by atoms with van der Waals surface area (Å²) in [7, 11) is 0. The molecule has 212 valence electrons. The zero-order chi connectivity index (χ0) is 26.1. The number of anilines is 1. The molecule has 9 nitrogen and oxygen atoms in total. The molecule has 0 spiro atoms. The molecule has 3 heterocycles. The number of aliphatic hydroxyl groups excluding tert-OH is 1. The minimum atomic E-state index is -0.706. The van der Waals surface area contributed by atoms with Crippen LogP contribution in [0.2, 0.25) is 10.0 Å². The van der Waals surface area contributed by atoms with Crippen molar-refractivity contribution in [2.24, 2.45) is 0 Å². The number of rotatable bonds is 7. The molecule has 1 atom stereocenters. The van der Waals surface area contributed by atoms with Crippen molar-refractivity contribution in [1.29, 1.82) is 0 Å². The lowest BCUT2D eigenvalue weighted by Crippen LogP contribution is -2.50. The molecule has 0 aliphatic carbocycles. The quantitative estimate of drug-likeness (QED) is 0.408. The minimum absolute atomic E-state index is 0. The molecule has 2 aliphatic heterocycles. The van der Waals surface area contributed by atoms with E-state index >= 15 is 0 Å². The van der Waals surface area contributed by atoms with E-state index < -0.39 is 6.10 Å². The standard InChI is InChI=1S/C26H29Cl2N5O4.2ClH/c1-16-25(30-17(2)33(16)18-6-7-22-23(12-18)37-15-36-22)26(35)29-13-19(34)14-31-8-10-32(11-9-31)21-5-3-4-20(27)24(21)28;;/h3-7,12,19,34H,8-11,13-15H2,1-2H3,(H,29,35);2*1H. The average Bonchev–Trinajstić information content (AvgIpc) is 3.48. The lowest BCUT2D eigenvalue weighted by atomic mass is 10.2. The summed E-state index contributed by atoms with van der Waals surface area (Å²) in [6, 6.07) is 11.3. The van der Waals surface area contributed by atoms with Crippen LogP contribution in [0.4, 0.5) is 5.69 Å². The Labute approximate surface area is 249 Å². The second-order valence-corrected chi connectivity index (χ2v) is 9.98. The van der Waals surface area contributed by atoms with E-state index in [0.717, 1.165) is 37.6 Å². The number of halogens is 4. The van der Waals surface area contributed by atoms with Gasteiger partial charge in [-0.05, 0) is 38.1 Å². The number of aryl methyl sites for hydroxylation is 1. The van der Waals surface area contributed by atoms with Crippen LogP contribution in [0.25, 0.3) is 5.69 Å². The molecule has 1 amide bonds. The van der Waals surface area contributed by atoms with Crippen molar-refractivity contribution in [3.05, 3.63) is 63.7 Å². The topological polar surface area (TPSA) is 92.1 Å². The Balaban J connectivity index is 0.00000210. The third-order valence-electron chi connectivity index (χ3n) is 6.72. The van der Waals surface area contributed by atoms with Gasteiger partial charge in [-0.1, -0.05) is 29.3 Å². The second-order valence-electron chi connectivity index (χ2n) is 9.19. The number of fused-ring (bicyclic) bond motifs is 1. The van der Waals surface area contributed by atoms with Crippen molar-refractivity contribution in [3.63, 3.8) is 0 Å². The van der Waals surface area contributed by atoms with Crippen LogP contribution < -0.4 is 19.7 Å². The number of imidazole rings is 1. The van der Waals surface area contributed by atoms with Crippen molar-refractivity contribution in [1.82, 2.24) is 19.8 Å². The maximum atomic E-state index is 12.9. The zero-order valence-corrected chi connectivity index (χ0v) is 24.7. The highest BCUT2D eigenvalue weighted by molar-refractivity contribution is 6.43. The van der Waals surface area contributed by atoms with Gasteiger partial charge in [-0.2, -0.15) is 0 Å². The Morgan fingerprint density at radius 1 is 1.08 bits per heavy atom. The summed E-state index contributed by atoms with van der Waals surface area (Å²) in [4.78, 5) is 21.8. The Morgan fingerprint density at radius 2 is 1.79 bits per heavy atom. The predicted molar refractivity (Wildman–Crippen MR) is 157 cm³/mol. The molecule has 1 fully saturated rings. The van der Waals surface area contributed by atoms with Crippen LogP contribution >= 0.6 is 48.0 Å². The molecule has 2 aliphatic rings. The van der Waals surface area contributed by atoms with E-state index in [9.17, 15) is 9.90 Å². The number of ether oxygens (including phenoxy) is 2. The van der Waals surface area contributed by atoms with Crippen LogP contribution in [0.1, 0.15) is 22.0 Å².